The van der Waals surface area contributed by atoms with Crippen LogP contribution in [0.3, 0.4) is 0 Å². The molecule has 3 aromatic rings. The van der Waals surface area contributed by atoms with E-state index in [1.807, 2.05) is 12.3 Å². The second kappa shape index (κ2) is 10.3. The van der Waals surface area contributed by atoms with Gasteiger partial charge in [0, 0.05) is 36.8 Å². The van der Waals surface area contributed by atoms with Crippen LogP contribution in [0.1, 0.15) is 25.0 Å². The van der Waals surface area contributed by atoms with Crippen molar-refractivity contribution in [3.05, 3.63) is 77.9 Å². The number of nitrogens with one attached hydrogen (secondary N) is 1. The molecule has 0 saturated carbocycles. The van der Waals surface area contributed by atoms with Gasteiger partial charge in [0.25, 0.3) is 0 Å². The maximum Gasteiger partial charge on any atom is 0.247 e. The monoisotopic (exact) mass is 463 g/mol. The number of ether oxygens (including phenoxy) is 1. The van der Waals surface area contributed by atoms with E-state index in [9.17, 15) is 14.0 Å². The number of benzene rings is 2. The standard InChI is InChI=1S/C27H30FN3O3/c1-27(2,30-25(32)15-19-4-3-5-24(28)14-19)26(33)31-10-11-34-18-21(17-31)12-20-6-7-23-16-29-9-8-22(23)13-20/h3-9,13-14,16,21H,10-12,15,17-18H2,1-2H3,(H,30,32)/t21-/m0/s1. The molecule has 7 heteroatoms. The van der Waals surface area contributed by atoms with Crippen molar-refractivity contribution in [3.8, 4) is 0 Å². The van der Waals surface area contributed by atoms with Gasteiger partial charge in [-0.3, -0.25) is 14.6 Å². The first-order valence-corrected chi connectivity index (χ1v) is 11.6. The van der Waals surface area contributed by atoms with Gasteiger partial charge in [0.05, 0.1) is 19.6 Å². The molecule has 6 nitrogen and oxygen atoms in total. The van der Waals surface area contributed by atoms with E-state index in [2.05, 4.69) is 28.5 Å². The molecule has 2 amide bonds. The summed E-state index contributed by atoms with van der Waals surface area (Å²) in [7, 11) is 0. The van der Waals surface area contributed by atoms with Crippen LogP contribution >= 0.6 is 0 Å². The minimum atomic E-state index is -1.09. The quantitative estimate of drug-likeness (QED) is 0.607. The van der Waals surface area contributed by atoms with Gasteiger partial charge in [-0.1, -0.05) is 30.3 Å². The molecule has 0 radical (unpaired) electrons. The van der Waals surface area contributed by atoms with E-state index in [4.69, 9.17) is 4.74 Å². The molecule has 2 aromatic carbocycles. The second-order valence-corrected chi connectivity index (χ2v) is 9.43. The molecule has 178 valence electrons. The number of amides is 2. The highest BCUT2D eigenvalue weighted by Gasteiger charge is 2.35. The first kappa shape index (κ1) is 23.8. The summed E-state index contributed by atoms with van der Waals surface area (Å²) in [5, 5.41) is 5.06. The molecule has 0 spiro atoms. The highest BCUT2D eigenvalue weighted by atomic mass is 19.1. The van der Waals surface area contributed by atoms with E-state index in [1.54, 1.807) is 37.1 Å². The van der Waals surface area contributed by atoms with Crippen LogP contribution in [0.5, 0.6) is 0 Å². The Hall–Kier alpha value is -3.32. The summed E-state index contributed by atoms with van der Waals surface area (Å²) in [5.74, 6) is -0.721. The first-order chi connectivity index (χ1) is 16.3. The molecule has 1 N–H and O–H groups in total. The smallest absolute Gasteiger partial charge is 0.247 e. The number of carbonyl (C=O) groups is 2. The topological polar surface area (TPSA) is 71.5 Å². The van der Waals surface area contributed by atoms with Gasteiger partial charge >= 0.3 is 0 Å². The molecule has 0 unspecified atom stereocenters. The van der Waals surface area contributed by atoms with Crippen LogP contribution in [0.4, 0.5) is 4.39 Å². The molecular weight excluding hydrogens is 433 g/mol. The Balaban J connectivity index is 1.39. The summed E-state index contributed by atoms with van der Waals surface area (Å²) < 4.78 is 19.2. The molecule has 1 saturated heterocycles. The minimum Gasteiger partial charge on any atom is -0.379 e. The number of nitrogens with zero attached hydrogens (tertiary/aromatic N) is 2. The van der Waals surface area contributed by atoms with Gasteiger partial charge in [-0.2, -0.15) is 0 Å². The van der Waals surface area contributed by atoms with Crippen LogP contribution in [0, 0.1) is 11.7 Å². The van der Waals surface area contributed by atoms with Crippen molar-refractivity contribution in [2.24, 2.45) is 5.92 Å². The van der Waals surface area contributed by atoms with Crippen molar-refractivity contribution in [2.45, 2.75) is 32.2 Å². The van der Waals surface area contributed by atoms with Gasteiger partial charge in [0.2, 0.25) is 11.8 Å². The molecule has 4 rings (SSSR count). The molecule has 1 aliphatic rings. The first-order valence-electron chi connectivity index (χ1n) is 11.6. The van der Waals surface area contributed by atoms with E-state index in [1.165, 1.54) is 17.7 Å². The second-order valence-electron chi connectivity index (χ2n) is 9.43. The van der Waals surface area contributed by atoms with Crippen LogP contribution in [0.15, 0.2) is 60.9 Å². The lowest BCUT2D eigenvalue weighted by molar-refractivity contribution is -0.140. The van der Waals surface area contributed by atoms with Crippen LogP contribution in [-0.4, -0.2) is 53.5 Å². The zero-order valence-corrected chi connectivity index (χ0v) is 19.6. The fraction of sp³-hybridized carbons (Fsp3) is 0.370. The van der Waals surface area contributed by atoms with Gasteiger partial charge in [0.15, 0.2) is 0 Å². The molecule has 1 fully saturated rings. The molecule has 2 heterocycles. The largest absolute Gasteiger partial charge is 0.379 e. The number of fused-ring (bicyclic) bond motifs is 1. The fourth-order valence-electron chi connectivity index (χ4n) is 4.46. The normalized spacial score (nSPS) is 16.8. The van der Waals surface area contributed by atoms with Gasteiger partial charge in [-0.25, -0.2) is 4.39 Å². The Labute approximate surface area is 199 Å². The van der Waals surface area contributed by atoms with Gasteiger partial charge < -0.3 is 15.0 Å². The average molecular weight is 464 g/mol. The zero-order chi connectivity index (χ0) is 24.1. The minimum absolute atomic E-state index is 0.0116. The third-order valence-corrected chi connectivity index (χ3v) is 6.09. The number of hydrogen-bond donors (Lipinski definition) is 1. The van der Waals surface area contributed by atoms with Crippen molar-refractivity contribution >= 4 is 22.6 Å². The van der Waals surface area contributed by atoms with E-state index in [-0.39, 0.29) is 30.0 Å². The number of hydrogen-bond acceptors (Lipinski definition) is 4. The predicted octanol–water partition coefficient (Wildman–Crippen LogP) is 3.53. The van der Waals surface area contributed by atoms with Gasteiger partial charge in [0.1, 0.15) is 11.4 Å². The highest BCUT2D eigenvalue weighted by Crippen LogP contribution is 2.20. The third-order valence-electron chi connectivity index (χ3n) is 6.09. The molecule has 34 heavy (non-hydrogen) atoms. The Morgan fingerprint density at radius 1 is 1.15 bits per heavy atom. The number of carbonyl (C=O) groups excluding carboxylic acids is 2. The maximum atomic E-state index is 13.4. The summed E-state index contributed by atoms with van der Waals surface area (Å²) in [5.41, 5.74) is 0.661. The van der Waals surface area contributed by atoms with Crippen molar-refractivity contribution in [2.75, 3.05) is 26.3 Å². The van der Waals surface area contributed by atoms with E-state index >= 15 is 0 Å². The summed E-state index contributed by atoms with van der Waals surface area (Å²) in [6, 6.07) is 14.2. The van der Waals surface area contributed by atoms with Crippen LogP contribution in [-0.2, 0) is 27.2 Å². The van der Waals surface area contributed by atoms with Gasteiger partial charge in [-0.05, 0) is 55.0 Å². The van der Waals surface area contributed by atoms with E-state index in [0.29, 0.717) is 31.9 Å². The Morgan fingerprint density at radius 3 is 2.82 bits per heavy atom. The lowest BCUT2D eigenvalue weighted by Gasteiger charge is -2.33. The molecule has 0 aliphatic carbocycles. The van der Waals surface area contributed by atoms with Gasteiger partial charge in [-0.15, -0.1) is 0 Å². The molecular formula is C27H30FN3O3. The lowest BCUT2D eigenvalue weighted by Crippen LogP contribution is -2.57. The van der Waals surface area contributed by atoms with Crippen molar-refractivity contribution < 1.29 is 18.7 Å². The predicted molar refractivity (Wildman–Crippen MR) is 129 cm³/mol. The summed E-state index contributed by atoms with van der Waals surface area (Å²) in [6.45, 7) is 5.47. The number of rotatable bonds is 6. The Morgan fingerprint density at radius 2 is 2.00 bits per heavy atom. The SMILES string of the molecule is CC(C)(NC(=O)Cc1cccc(F)c1)C(=O)N1CCOC[C@@H](Cc2ccc3cnccc3c2)C1. The van der Waals surface area contributed by atoms with Crippen LogP contribution < -0.4 is 5.32 Å². The van der Waals surface area contributed by atoms with Crippen LogP contribution in [0.2, 0.25) is 0 Å². The van der Waals surface area contributed by atoms with Crippen molar-refractivity contribution in [3.63, 3.8) is 0 Å². The Bertz CT molecular complexity index is 1180. The average Bonchev–Trinajstić information content (AvgIpc) is 3.03. The van der Waals surface area contributed by atoms with Crippen molar-refractivity contribution in [1.82, 2.24) is 15.2 Å². The summed E-state index contributed by atoms with van der Waals surface area (Å²) >= 11 is 0. The lowest BCUT2D eigenvalue weighted by atomic mass is 9.96. The summed E-state index contributed by atoms with van der Waals surface area (Å²) in [6.07, 6.45) is 4.43. The Kier molecular flexibility index (Phi) is 7.22. The molecule has 1 aromatic heterocycles. The molecule has 0 bridgehead atoms. The summed E-state index contributed by atoms with van der Waals surface area (Å²) in [4.78, 5) is 31.9. The number of pyridine rings is 1. The number of aromatic nitrogens is 1. The van der Waals surface area contributed by atoms with Crippen molar-refractivity contribution in [1.29, 1.82) is 0 Å². The molecule has 1 aliphatic heterocycles. The maximum absolute atomic E-state index is 13.4. The van der Waals surface area contributed by atoms with E-state index < -0.39 is 5.54 Å². The third kappa shape index (κ3) is 5.97. The number of halogens is 1. The van der Waals surface area contributed by atoms with E-state index in [0.717, 1.165) is 17.2 Å². The van der Waals surface area contributed by atoms with Crippen LogP contribution in [0.25, 0.3) is 10.8 Å². The molecule has 1 atom stereocenters. The zero-order valence-electron chi connectivity index (χ0n) is 19.6. The fourth-order valence-corrected chi connectivity index (χ4v) is 4.46. The highest BCUT2D eigenvalue weighted by molar-refractivity contribution is 5.91.